The molecule has 1 aromatic heterocycles. The Morgan fingerprint density at radius 2 is 2.06 bits per heavy atom. The van der Waals surface area contributed by atoms with Crippen molar-refractivity contribution in [2.75, 3.05) is 6.54 Å². The summed E-state index contributed by atoms with van der Waals surface area (Å²) in [6.45, 7) is 10.8. The Morgan fingerprint density at radius 3 is 2.62 bits per heavy atom. The van der Waals surface area contributed by atoms with Gasteiger partial charge in [0.05, 0.1) is 5.69 Å². The molecule has 1 unspecified atom stereocenters. The monoisotopic (exact) mass is 223 g/mol. The fourth-order valence-electron chi connectivity index (χ4n) is 1.93. The maximum atomic E-state index is 4.62. The first-order chi connectivity index (χ1) is 7.71. The first-order valence-corrected chi connectivity index (χ1v) is 6.50. The van der Waals surface area contributed by atoms with E-state index in [4.69, 9.17) is 0 Å². The van der Waals surface area contributed by atoms with E-state index in [1.54, 1.807) is 0 Å². The van der Waals surface area contributed by atoms with E-state index in [1.165, 1.54) is 11.4 Å². The van der Waals surface area contributed by atoms with Gasteiger partial charge in [0, 0.05) is 18.3 Å². The molecule has 0 amide bonds. The van der Waals surface area contributed by atoms with Crippen LogP contribution in [-0.4, -0.2) is 22.4 Å². The quantitative estimate of drug-likeness (QED) is 0.769. The largest absolute Gasteiger partial charge is 0.314 e. The van der Waals surface area contributed by atoms with Crippen molar-refractivity contribution in [3.8, 4) is 0 Å². The molecule has 1 aromatic rings. The van der Waals surface area contributed by atoms with Gasteiger partial charge in [-0.2, -0.15) is 5.10 Å². The maximum Gasteiger partial charge on any atom is 0.0624 e. The lowest BCUT2D eigenvalue weighted by atomic mass is 10.2. The van der Waals surface area contributed by atoms with Gasteiger partial charge in [0.25, 0.3) is 0 Å². The van der Waals surface area contributed by atoms with Crippen LogP contribution < -0.4 is 5.32 Å². The molecule has 0 bridgehead atoms. The first-order valence-electron chi connectivity index (χ1n) is 6.50. The second-order valence-electron chi connectivity index (χ2n) is 4.30. The average molecular weight is 223 g/mol. The molecule has 0 aromatic carbocycles. The molecule has 0 fully saturated rings. The van der Waals surface area contributed by atoms with Gasteiger partial charge in [0.2, 0.25) is 0 Å². The zero-order chi connectivity index (χ0) is 12.0. The second kappa shape index (κ2) is 6.69. The minimum absolute atomic E-state index is 0.573. The summed E-state index contributed by atoms with van der Waals surface area (Å²) in [5.41, 5.74) is 2.58. The SMILES string of the molecule is CCNC(C)CCn1nc(CC)cc1CC. The van der Waals surface area contributed by atoms with Crippen LogP contribution in [0.25, 0.3) is 0 Å². The second-order valence-corrected chi connectivity index (χ2v) is 4.30. The van der Waals surface area contributed by atoms with Crippen LogP contribution >= 0.6 is 0 Å². The Hall–Kier alpha value is -0.830. The Labute approximate surface area is 99.2 Å². The molecule has 3 heteroatoms. The maximum absolute atomic E-state index is 4.62. The number of rotatable bonds is 7. The molecular weight excluding hydrogens is 198 g/mol. The Balaban J connectivity index is 2.54. The summed E-state index contributed by atoms with van der Waals surface area (Å²) < 4.78 is 2.17. The highest BCUT2D eigenvalue weighted by molar-refractivity contribution is 5.10. The zero-order valence-electron chi connectivity index (χ0n) is 11.1. The topological polar surface area (TPSA) is 29.9 Å². The minimum atomic E-state index is 0.573. The summed E-state index contributed by atoms with van der Waals surface area (Å²) in [7, 11) is 0. The van der Waals surface area contributed by atoms with Gasteiger partial charge >= 0.3 is 0 Å². The smallest absolute Gasteiger partial charge is 0.0624 e. The number of hydrogen-bond acceptors (Lipinski definition) is 2. The summed E-state index contributed by atoms with van der Waals surface area (Å²) in [6.07, 6.45) is 3.25. The van der Waals surface area contributed by atoms with Crippen molar-refractivity contribution < 1.29 is 0 Å². The lowest BCUT2D eigenvalue weighted by Gasteiger charge is -2.13. The van der Waals surface area contributed by atoms with Crippen LogP contribution in [0.5, 0.6) is 0 Å². The predicted octanol–water partition coefficient (Wildman–Crippen LogP) is 2.40. The van der Waals surface area contributed by atoms with Crippen LogP contribution in [0.1, 0.15) is 45.5 Å². The fourth-order valence-corrected chi connectivity index (χ4v) is 1.93. The molecule has 1 heterocycles. The average Bonchev–Trinajstić information content (AvgIpc) is 2.69. The standard InChI is InChI=1S/C13H25N3/c1-5-12-10-13(6-2)16(15-12)9-8-11(4)14-7-3/h10-11,14H,5-9H2,1-4H3. The van der Waals surface area contributed by atoms with Gasteiger partial charge < -0.3 is 5.32 Å². The highest BCUT2D eigenvalue weighted by Crippen LogP contribution is 2.07. The summed E-state index contributed by atoms with van der Waals surface area (Å²) in [6, 6.07) is 2.81. The predicted molar refractivity (Wildman–Crippen MR) is 68.7 cm³/mol. The molecule has 0 aliphatic rings. The fraction of sp³-hybridized carbons (Fsp3) is 0.769. The minimum Gasteiger partial charge on any atom is -0.314 e. The van der Waals surface area contributed by atoms with Gasteiger partial charge in [0.15, 0.2) is 0 Å². The molecule has 1 N–H and O–H groups in total. The van der Waals surface area contributed by atoms with Crippen molar-refractivity contribution >= 4 is 0 Å². The molecular formula is C13H25N3. The van der Waals surface area contributed by atoms with Crippen molar-refractivity contribution in [3.63, 3.8) is 0 Å². The molecule has 3 nitrogen and oxygen atoms in total. The Morgan fingerprint density at radius 1 is 1.31 bits per heavy atom. The van der Waals surface area contributed by atoms with E-state index in [1.807, 2.05) is 0 Å². The molecule has 0 radical (unpaired) electrons. The molecule has 0 saturated heterocycles. The van der Waals surface area contributed by atoms with Crippen molar-refractivity contribution in [3.05, 3.63) is 17.5 Å². The van der Waals surface area contributed by atoms with Gasteiger partial charge in [0.1, 0.15) is 0 Å². The normalized spacial score (nSPS) is 13.0. The highest BCUT2D eigenvalue weighted by atomic mass is 15.3. The van der Waals surface area contributed by atoms with Gasteiger partial charge in [-0.25, -0.2) is 0 Å². The van der Waals surface area contributed by atoms with Crippen molar-refractivity contribution in [1.82, 2.24) is 15.1 Å². The highest BCUT2D eigenvalue weighted by Gasteiger charge is 2.06. The van der Waals surface area contributed by atoms with Crippen molar-refractivity contribution in [2.45, 2.75) is 59.5 Å². The number of aryl methyl sites for hydroxylation is 3. The molecule has 0 spiro atoms. The molecule has 0 saturated carbocycles. The van der Waals surface area contributed by atoms with Gasteiger partial charge in [-0.15, -0.1) is 0 Å². The van der Waals surface area contributed by atoms with E-state index in [0.717, 1.165) is 32.4 Å². The lowest BCUT2D eigenvalue weighted by molar-refractivity contribution is 0.458. The molecule has 0 aliphatic carbocycles. The molecule has 1 atom stereocenters. The third kappa shape index (κ3) is 3.63. The molecule has 16 heavy (non-hydrogen) atoms. The third-order valence-corrected chi connectivity index (χ3v) is 2.96. The summed E-state index contributed by atoms with van der Waals surface area (Å²) in [5.74, 6) is 0. The Bertz CT molecular complexity index is 304. The number of hydrogen-bond donors (Lipinski definition) is 1. The molecule has 92 valence electrons. The van der Waals surface area contributed by atoms with E-state index in [0.29, 0.717) is 6.04 Å². The van der Waals surface area contributed by atoms with Gasteiger partial charge in [-0.3, -0.25) is 4.68 Å². The number of nitrogens with one attached hydrogen (secondary N) is 1. The van der Waals surface area contributed by atoms with E-state index in [-0.39, 0.29) is 0 Å². The van der Waals surface area contributed by atoms with Crippen LogP contribution in [-0.2, 0) is 19.4 Å². The number of nitrogens with zero attached hydrogens (tertiary/aromatic N) is 2. The van der Waals surface area contributed by atoms with Crippen molar-refractivity contribution in [1.29, 1.82) is 0 Å². The van der Waals surface area contributed by atoms with E-state index in [9.17, 15) is 0 Å². The van der Waals surface area contributed by atoms with Crippen LogP contribution in [0.3, 0.4) is 0 Å². The first kappa shape index (κ1) is 13.2. The lowest BCUT2D eigenvalue weighted by Crippen LogP contribution is -2.27. The summed E-state index contributed by atoms with van der Waals surface area (Å²) >= 11 is 0. The van der Waals surface area contributed by atoms with E-state index in [2.05, 4.69) is 48.9 Å². The number of aromatic nitrogens is 2. The van der Waals surface area contributed by atoms with Crippen LogP contribution in [0.4, 0.5) is 0 Å². The van der Waals surface area contributed by atoms with Gasteiger partial charge in [-0.05, 0) is 38.8 Å². The van der Waals surface area contributed by atoms with Gasteiger partial charge in [-0.1, -0.05) is 20.8 Å². The zero-order valence-corrected chi connectivity index (χ0v) is 11.1. The molecule has 1 rings (SSSR count). The molecule has 0 aliphatic heterocycles. The van der Waals surface area contributed by atoms with E-state index < -0.39 is 0 Å². The summed E-state index contributed by atoms with van der Waals surface area (Å²) in [4.78, 5) is 0. The Kier molecular flexibility index (Phi) is 5.53. The van der Waals surface area contributed by atoms with Crippen LogP contribution in [0.2, 0.25) is 0 Å². The van der Waals surface area contributed by atoms with E-state index >= 15 is 0 Å². The van der Waals surface area contributed by atoms with Crippen molar-refractivity contribution in [2.24, 2.45) is 0 Å². The van der Waals surface area contributed by atoms with Crippen LogP contribution in [0.15, 0.2) is 6.07 Å². The third-order valence-electron chi connectivity index (χ3n) is 2.96. The summed E-state index contributed by atoms with van der Waals surface area (Å²) in [5, 5.41) is 8.05. The van der Waals surface area contributed by atoms with Crippen LogP contribution in [0, 0.1) is 0 Å².